The van der Waals surface area contributed by atoms with Gasteiger partial charge in [-0.05, 0) is 42.7 Å². The van der Waals surface area contributed by atoms with E-state index in [0.717, 1.165) is 40.6 Å². The fourth-order valence-corrected chi connectivity index (χ4v) is 3.79. The number of anilines is 1. The summed E-state index contributed by atoms with van der Waals surface area (Å²) in [6.45, 7) is 2.03. The monoisotopic (exact) mass is 383 g/mol. The Hall–Kier alpha value is -2.48. The molecule has 1 aromatic carbocycles. The number of amides is 1. The van der Waals surface area contributed by atoms with Crippen molar-refractivity contribution in [2.75, 3.05) is 11.9 Å². The summed E-state index contributed by atoms with van der Waals surface area (Å²) in [5.41, 5.74) is 2.87. The van der Waals surface area contributed by atoms with Gasteiger partial charge in [0.2, 0.25) is 0 Å². The van der Waals surface area contributed by atoms with Crippen LogP contribution in [-0.2, 0) is 22.6 Å². The van der Waals surface area contributed by atoms with Gasteiger partial charge in [-0.15, -0.1) is 11.3 Å². The Morgan fingerprint density at radius 3 is 3.04 bits per heavy atom. The highest BCUT2D eigenvalue weighted by atomic mass is 32.1. The summed E-state index contributed by atoms with van der Waals surface area (Å²) in [5.74, 6) is 0.728. The van der Waals surface area contributed by atoms with Crippen LogP contribution in [0.1, 0.15) is 24.1 Å². The highest BCUT2D eigenvalue weighted by Gasteiger charge is 2.23. The lowest BCUT2D eigenvalue weighted by Crippen LogP contribution is -2.26. The van der Waals surface area contributed by atoms with Crippen molar-refractivity contribution in [2.45, 2.75) is 32.0 Å². The van der Waals surface area contributed by atoms with Crippen LogP contribution >= 0.6 is 11.3 Å². The normalized spacial score (nSPS) is 16.5. The summed E-state index contributed by atoms with van der Waals surface area (Å²) in [7, 11) is 0. The lowest BCUT2D eigenvalue weighted by molar-refractivity contribution is -0.124. The van der Waals surface area contributed by atoms with Gasteiger partial charge < -0.3 is 19.8 Å². The summed E-state index contributed by atoms with van der Waals surface area (Å²) in [4.78, 5) is 16.7. The minimum absolute atomic E-state index is 0.0643. The number of nitrogens with zero attached hydrogens (tertiary/aromatic N) is 1. The number of benzene rings is 1. The molecule has 2 N–H and O–H groups in total. The second kappa shape index (κ2) is 8.47. The second-order valence-corrected chi connectivity index (χ2v) is 7.27. The number of carbonyl (C=O) groups is 1. The molecule has 3 aromatic rings. The van der Waals surface area contributed by atoms with Crippen molar-refractivity contribution in [1.29, 1.82) is 0 Å². The first-order valence-electron chi connectivity index (χ1n) is 8.98. The first kappa shape index (κ1) is 17.9. The molecule has 1 aliphatic heterocycles. The Balaban J connectivity index is 1.29. The van der Waals surface area contributed by atoms with E-state index in [2.05, 4.69) is 15.6 Å². The zero-order valence-corrected chi connectivity index (χ0v) is 15.6. The fraction of sp³-hybridized carbons (Fsp3) is 0.300. The van der Waals surface area contributed by atoms with E-state index in [1.807, 2.05) is 41.8 Å². The molecule has 4 rings (SSSR count). The van der Waals surface area contributed by atoms with Gasteiger partial charge in [0.15, 0.2) is 10.8 Å². The molecular weight excluding hydrogens is 362 g/mol. The smallest absolute Gasteiger partial charge is 0.253 e. The summed E-state index contributed by atoms with van der Waals surface area (Å²) >= 11 is 1.57. The highest BCUT2D eigenvalue weighted by molar-refractivity contribution is 7.13. The number of ether oxygens (including phenoxy) is 1. The second-order valence-electron chi connectivity index (χ2n) is 6.42. The van der Waals surface area contributed by atoms with Gasteiger partial charge in [0.25, 0.3) is 5.91 Å². The molecule has 1 saturated heterocycles. The highest BCUT2D eigenvalue weighted by Crippen LogP contribution is 2.24. The average molecular weight is 383 g/mol. The number of thiazole rings is 1. The van der Waals surface area contributed by atoms with Crippen molar-refractivity contribution in [1.82, 2.24) is 10.3 Å². The zero-order valence-electron chi connectivity index (χ0n) is 14.8. The topological polar surface area (TPSA) is 76.4 Å². The van der Waals surface area contributed by atoms with Gasteiger partial charge in [0.05, 0.1) is 12.0 Å². The molecule has 0 saturated carbocycles. The number of hydrogen-bond donors (Lipinski definition) is 2. The van der Waals surface area contributed by atoms with Gasteiger partial charge in [-0.3, -0.25) is 4.79 Å². The Morgan fingerprint density at radius 1 is 1.26 bits per heavy atom. The van der Waals surface area contributed by atoms with E-state index in [1.54, 1.807) is 17.6 Å². The molecule has 3 heterocycles. The first-order chi connectivity index (χ1) is 13.3. The van der Waals surface area contributed by atoms with Crippen LogP contribution < -0.4 is 10.6 Å². The lowest BCUT2D eigenvalue weighted by Gasteiger charge is -2.11. The molecule has 1 unspecified atom stereocenters. The summed E-state index contributed by atoms with van der Waals surface area (Å²) < 4.78 is 10.8. The third-order valence-electron chi connectivity index (χ3n) is 4.34. The maximum Gasteiger partial charge on any atom is 0.253 e. The predicted molar refractivity (Wildman–Crippen MR) is 104 cm³/mol. The van der Waals surface area contributed by atoms with Crippen LogP contribution in [0.4, 0.5) is 5.69 Å². The van der Waals surface area contributed by atoms with Gasteiger partial charge in [-0.1, -0.05) is 12.1 Å². The number of carbonyl (C=O) groups excluding carboxylic acids is 1. The summed E-state index contributed by atoms with van der Waals surface area (Å²) in [6, 6.07) is 11.6. The summed E-state index contributed by atoms with van der Waals surface area (Å²) in [5, 5.41) is 9.24. The Morgan fingerprint density at radius 2 is 2.22 bits per heavy atom. The van der Waals surface area contributed by atoms with Crippen LogP contribution in [-0.4, -0.2) is 23.6 Å². The minimum atomic E-state index is -0.320. The summed E-state index contributed by atoms with van der Waals surface area (Å²) in [6.07, 6.45) is 3.07. The largest absolute Gasteiger partial charge is 0.462 e. The maximum absolute atomic E-state index is 12.2. The van der Waals surface area contributed by atoms with Crippen molar-refractivity contribution in [3.8, 4) is 10.8 Å². The van der Waals surface area contributed by atoms with E-state index in [4.69, 9.17) is 9.15 Å². The molecule has 0 aliphatic carbocycles. The first-order valence-corrected chi connectivity index (χ1v) is 9.86. The Bertz CT molecular complexity index is 886. The van der Waals surface area contributed by atoms with E-state index in [9.17, 15) is 4.79 Å². The molecule has 1 fully saturated rings. The van der Waals surface area contributed by atoms with E-state index in [0.29, 0.717) is 19.7 Å². The van der Waals surface area contributed by atoms with Crippen molar-refractivity contribution >= 4 is 22.9 Å². The SMILES string of the molecule is O=C(Nc1cccc(CNCc2csc(-c3ccco3)n2)c1)C1CCCO1. The third-order valence-corrected chi connectivity index (χ3v) is 5.24. The molecule has 1 aliphatic rings. The van der Waals surface area contributed by atoms with Gasteiger partial charge in [0, 0.05) is 30.8 Å². The third kappa shape index (κ3) is 4.63. The lowest BCUT2D eigenvalue weighted by atomic mass is 10.2. The predicted octanol–water partition coefficient (Wildman–Crippen LogP) is 3.81. The zero-order chi connectivity index (χ0) is 18.5. The standard InChI is InChI=1S/C20H21N3O3S/c24-19(17-6-2-8-25-17)22-15-5-1-4-14(10-15)11-21-12-16-13-27-20(23-16)18-7-3-9-26-18/h1,3-5,7,9-10,13,17,21H,2,6,8,11-12H2,(H,22,24). The van der Waals surface area contributed by atoms with Crippen LogP contribution in [0.15, 0.2) is 52.5 Å². The van der Waals surface area contributed by atoms with Gasteiger partial charge in [-0.25, -0.2) is 4.98 Å². The van der Waals surface area contributed by atoms with Crippen molar-refractivity contribution in [3.63, 3.8) is 0 Å². The van der Waals surface area contributed by atoms with E-state index < -0.39 is 0 Å². The Kier molecular flexibility index (Phi) is 5.62. The molecule has 6 nitrogen and oxygen atoms in total. The number of rotatable bonds is 7. The van der Waals surface area contributed by atoms with Crippen molar-refractivity contribution in [2.24, 2.45) is 0 Å². The number of aromatic nitrogens is 1. The Labute approximate surface area is 161 Å². The molecule has 7 heteroatoms. The maximum atomic E-state index is 12.2. The molecule has 0 spiro atoms. The number of furan rings is 1. The quantitative estimate of drug-likeness (QED) is 0.649. The average Bonchev–Trinajstić information content (AvgIpc) is 3.43. The fourth-order valence-electron chi connectivity index (χ4n) is 3.00. The van der Waals surface area contributed by atoms with E-state index in [1.165, 1.54) is 0 Å². The van der Waals surface area contributed by atoms with Gasteiger partial charge >= 0.3 is 0 Å². The van der Waals surface area contributed by atoms with E-state index >= 15 is 0 Å². The van der Waals surface area contributed by atoms with Gasteiger partial charge in [0.1, 0.15) is 6.10 Å². The molecule has 140 valence electrons. The van der Waals surface area contributed by atoms with Crippen molar-refractivity contribution in [3.05, 3.63) is 59.3 Å². The molecular formula is C20H21N3O3S. The van der Waals surface area contributed by atoms with Gasteiger partial charge in [-0.2, -0.15) is 0 Å². The van der Waals surface area contributed by atoms with E-state index in [-0.39, 0.29) is 12.0 Å². The number of nitrogens with one attached hydrogen (secondary N) is 2. The van der Waals surface area contributed by atoms with Crippen LogP contribution in [0.3, 0.4) is 0 Å². The molecule has 0 bridgehead atoms. The molecule has 27 heavy (non-hydrogen) atoms. The van der Waals surface area contributed by atoms with Crippen LogP contribution in [0.5, 0.6) is 0 Å². The molecule has 0 radical (unpaired) electrons. The molecule has 2 aromatic heterocycles. The minimum Gasteiger partial charge on any atom is -0.462 e. The number of hydrogen-bond acceptors (Lipinski definition) is 6. The molecule has 1 atom stereocenters. The molecule has 1 amide bonds. The van der Waals surface area contributed by atoms with Crippen LogP contribution in [0, 0.1) is 0 Å². The van der Waals surface area contributed by atoms with Crippen molar-refractivity contribution < 1.29 is 13.9 Å². The van der Waals surface area contributed by atoms with Crippen LogP contribution in [0.2, 0.25) is 0 Å². The van der Waals surface area contributed by atoms with Crippen LogP contribution in [0.25, 0.3) is 10.8 Å².